The molecule has 0 aromatic heterocycles. The molecule has 0 N–H and O–H groups in total. The first-order valence-corrected chi connectivity index (χ1v) is 11.9. The number of rotatable bonds is 8. The quantitative estimate of drug-likeness (QED) is 0.456. The second kappa shape index (κ2) is 10.8. The van der Waals surface area contributed by atoms with E-state index in [4.69, 9.17) is 18.9 Å². The van der Waals surface area contributed by atoms with Gasteiger partial charge in [0.05, 0.1) is 40.4 Å². The van der Waals surface area contributed by atoms with Gasteiger partial charge in [0.2, 0.25) is 5.91 Å². The summed E-state index contributed by atoms with van der Waals surface area (Å²) < 4.78 is 21.9. The molecular weight excluding hydrogens is 472 g/mol. The molecule has 37 heavy (non-hydrogen) atoms. The van der Waals surface area contributed by atoms with Gasteiger partial charge in [0.25, 0.3) is 5.91 Å². The number of nitrogens with zero attached hydrogens (tertiary/aromatic N) is 2. The molecule has 0 saturated heterocycles. The van der Waals surface area contributed by atoms with Crippen molar-refractivity contribution in [2.24, 2.45) is 0 Å². The van der Waals surface area contributed by atoms with Gasteiger partial charge in [0, 0.05) is 26.2 Å². The molecule has 194 valence electrons. The fraction of sp³-hybridized carbons (Fsp3) is 0.310. The van der Waals surface area contributed by atoms with E-state index in [2.05, 4.69) is 0 Å². The van der Waals surface area contributed by atoms with Gasteiger partial charge in [-0.3, -0.25) is 9.59 Å². The smallest absolute Gasteiger partial charge is 0.254 e. The molecule has 0 bridgehead atoms. The van der Waals surface area contributed by atoms with Crippen LogP contribution in [-0.2, 0) is 11.3 Å². The summed E-state index contributed by atoms with van der Waals surface area (Å²) in [5, 5.41) is 0. The monoisotopic (exact) mass is 504 g/mol. The van der Waals surface area contributed by atoms with Crippen molar-refractivity contribution in [1.29, 1.82) is 0 Å². The van der Waals surface area contributed by atoms with Crippen LogP contribution in [0, 0.1) is 0 Å². The molecule has 0 saturated carbocycles. The van der Waals surface area contributed by atoms with Gasteiger partial charge in [-0.15, -0.1) is 0 Å². The van der Waals surface area contributed by atoms with Gasteiger partial charge in [-0.2, -0.15) is 0 Å². The number of ether oxygens (including phenoxy) is 4. The molecule has 0 spiro atoms. The molecule has 3 aromatic carbocycles. The van der Waals surface area contributed by atoms with E-state index in [1.165, 1.54) is 14.2 Å². The molecule has 2 amide bonds. The molecule has 0 fully saturated rings. The minimum atomic E-state index is -0.704. The van der Waals surface area contributed by atoms with E-state index >= 15 is 0 Å². The van der Waals surface area contributed by atoms with Crippen LogP contribution < -0.4 is 18.9 Å². The van der Waals surface area contributed by atoms with Gasteiger partial charge < -0.3 is 28.7 Å². The van der Waals surface area contributed by atoms with Crippen LogP contribution in [-0.4, -0.2) is 64.1 Å². The van der Waals surface area contributed by atoms with E-state index in [0.717, 1.165) is 11.1 Å². The summed E-state index contributed by atoms with van der Waals surface area (Å²) in [4.78, 5) is 31.1. The Morgan fingerprint density at radius 2 is 1.43 bits per heavy atom. The van der Waals surface area contributed by atoms with E-state index in [0.29, 0.717) is 40.7 Å². The minimum absolute atomic E-state index is 0.128. The van der Waals surface area contributed by atoms with Crippen LogP contribution >= 0.6 is 0 Å². The average Bonchev–Trinajstić information content (AvgIpc) is 2.93. The lowest BCUT2D eigenvalue weighted by atomic mass is 9.78. The van der Waals surface area contributed by atoms with Crippen LogP contribution in [0.15, 0.2) is 60.7 Å². The van der Waals surface area contributed by atoms with Gasteiger partial charge in [0.15, 0.2) is 23.0 Å². The molecule has 0 unspecified atom stereocenters. The first kappa shape index (κ1) is 25.9. The highest BCUT2D eigenvalue weighted by Crippen LogP contribution is 2.47. The van der Waals surface area contributed by atoms with Crippen LogP contribution in [0.2, 0.25) is 0 Å². The van der Waals surface area contributed by atoms with E-state index < -0.39 is 12.0 Å². The van der Waals surface area contributed by atoms with Crippen LogP contribution in [0.1, 0.15) is 39.0 Å². The van der Waals surface area contributed by atoms with E-state index in [1.54, 1.807) is 56.3 Å². The van der Waals surface area contributed by atoms with Gasteiger partial charge in [0.1, 0.15) is 0 Å². The van der Waals surface area contributed by atoms with Crippen molar-refractivity contribution in [3.05, 3.63) is 82.9 Å². The summed E-state index contributed by atoms with van der Waals surface area (Å²) in [5.74, 6) is 0.908. The van der Waals surface area contributed by atoms with E-state index in [9.17, 15) is 9.59 Å². The lowest BCUT2D eigenvalue weighted by Gasteiger charge is -2.41. The zero-order valence-electron chi connectivity index (χ0n) is 22.0. The van der Waals surface area contributed by atoms with Crippen molar-refractivity contribution in [3.63, 3.8) is 0 Å². The fourth-order valence-corrected chi connectivity index (χ4v) is 4.94. The third kappa shape index (κ3) is 4.79. The second-order valence-electron chi connectivity index (χ2n) is 8.93. The van der Waals surface area contributed by atoms with E-state index in [1.807, 2.05) is 42.5 Å². The lowest BCUT2D eigenvalue weighted by Crippen LogP contribution is -2.46. The molecule has 8 nitrogen and oxygen atoms in total. The summed E-state index contributed by atoms with van der Waals surface area (Å²) in [7, 11) is 9.66. The highest BCUT2D eigenvalue weighted by Gasteiger charge is 2.44. The summed E-state index contributed by atoms with van der Waals surface area (Å²) in [5.41, 5.74) is 2.75. The van der Waals surface area contributed by atoms with Gasteiger partial charge in [-0.25, -0.2) is 0 Å². The summed E-state index contributed by atoms with van der Waals surface area (Å²) in [6.45, 7) is 0.426. The van der Waals surface area contributed by atoms with Crippen molar-refractivity contribution in [1.82, 2.24) is 9.80 Å². The maximum Gasteiger partial charge on any atom is 0.254 e. The first-order chi connectivity index (χ1) is 17.8. The van der Waals surface area contributed by atoms with Crippen LogP contribution in [0.4, 0.5) is 0 Å². The maximum absolute atomic E-state index is 14.2. The zero-order chi connectivity index (χ0) is 26.7. The number of methoxy groups -OCH3 is 4. The number of fused-ring (bicyclic) bond motifs is 1. The maximum atomic E-state index is 14.2. The zero-order valence-corrected chi connectivity index (χ0v) is 22.0. The normalized spacial score (nSPS) is 16.6. The molecular formula is C29H32N2O6. The van der Waals surface area contributed by atoms with E-state index in [-0.39, 0.29) is 11.8 Å². The highest BCUT2D eigenvalue weighted by atomic mass is 16.5. The Morgan fingerprint density at radius 3 is 2.05 bits per heavy atom. The Labute approximate surface area is 217 Å². The van der Waals surface area contributed by atoms with Crippen molar-refractivity contribution in [3.8, 4) is 23.0 Å². The summed E-state index contributed by atoms with van der Waals surface area (Å²) in [6.07, 6.45) is 0. The molecule has 1 aliphatic rings. The Hall–Kier alpha value is -4.20. The molecule has 8 heteroatoms. The molecule has 0 aliphatic carbocycles. The van der Waals surface area contributed by atoms with Crippen molar-refractivity contribution < 1.29 is 28.5 Å². The molecule has 2 atom stereocenters. The summed E-state index contributed by atoms with van der Waals surface area (Å²) >= 11 is 0. The molecule has 0 radical (unpaired) electrons. The van der Waals surface area contributed by atoms with Crippen LogP contribution in [0.25, 0.3) is 0 Å². The molecule has 1 aliphatic heterocycles. The Bertz CT molecular complexity index is 1290. The minimum Gasteiger partial charge on any atom is -0.493 e. The number of carbonyl (C=O) groups excluding carboxylic acids is 2. The number of carbonyl (C=O) groups is 2. The third-order valence-corrected chi connectivity index (χ3v) is 6.83. The summed E-state index contributed by atoms with van der Waals surface area (Å²) in [6, 6.07) is 18.0. The van der Waals surface area contributed by atoms with Gasteiger partial charge in [-0.1, -0.05) is 36.4 Å². The van der Waals surface area contributed by atoms with Crippen molar-refractivity contribution in [2.75, 3.05) is 42.5 Å². The lowest BCUT2D eigenvalue weighted by molar-refractivity contribution is -0.133. The predicted molar refractivity (Wildman–Crippen MR) is 140 cm³/mol. The highest BCUT2D eigenvalue weighted by molar-refractivity contribution is 6.02. The standard InChI is InChI=1S/C29H32N2O6/c1-30(17-18-10-8-7-9-11-18)29(33)26-20-15-24(36-5)25(37-6)16-21(20)28(32)31(2)27(26)19-12-13-22(34-3)23(14-19)35-4/h7-16,26-27H,17H2,1-6H3/t26-,27+/m1/s1. The predicted octanol–water partition coefficient (Wildman–Crippen LogP) is 4.29. The number of benzene rings is 3. The van der Waals surface area contributed by atoms with Gasteiger partial charge in [-0.05, 0) is 41.0 Å². The van der Waals surface area contributed by atoms with Crippen LogP contribution in [0.5, 0.6) is 23.0 Å². The molecule has 4 rings (SSSR count). The number of hydrogen-bond donors (Lipinski definition) is 0. The molecule has 3 aromatic rings. The first-order valence-electron chi connectivity index (χ1n) is 11.9. The average molecular weight is 505 g/mol. The largest absolute Gasteiger partial charge is 0.493 e. The molecule has 1 heterocycles. The topological polar surface area (TPSA) is 77.5 Å². The van der Waals surface area contributed by atoms with Crippen molar-refractivity contribution >= 4 is 11.8 Å². The second-order valence-corrected chi connectivity index (χ2v) is 8.93. The Morgan fingerprint density at radius 1 is 0.838 bits per heavy atom. The fourth-order valence-electron chi connectivity index (χ4n) is 4.94. The number of likely N-dealkylation sites (N-methyl/N-ethyl adjacent to an activating group) is 2. The Kier molecular flexibility index (Phi) is 7.57. The Balaban J connectivity index is 1.88. The third-order valence-electron chi connectivity index (χ3n) is 6.83. The SMILES string of the molecule is COc1ccc([C@H]2[C@H](C(=O)N(C)Cc3ccccc3)c3cc(OC)c(OC)cc3C(=O)N2C)cc1OC. The van der Waals surface area contributed by atoms with Crippen molar-refractivity contribution in [2.45, 2.75) is 18.5 Å². The number of amides is 2. The number of hydrogen-bond acceptors (Lipinski definition) is 6. The van der Waals surface area contributed by atoms with Crippen LogP contribution in [0.3, 0.4) is 0 Å². The van der Waals surface area contributed by atoms with Gasteiger partial charge >= 0.3 is 0 Å².